The van der Waals surface area contributed by atoms with Gasteiger partial charge < -0.3 is 4.42 Å². The van der Waals surface area contributed by atoms with E-state index in [0.717, 1.165) is 33.0 Å². The van der Waals surface area contributed by atoms with Crippen LogP contribution in [-0.4, -0.2) is 20.7 Å². The highest BCUT2D eigenvalue weighted by molar-refractivity contribution is 6.38. The molecule has 0 fully saturated rings. The molecular formula is C34H27B2FN2O. The summed E-state index contributed by atoms with van der Waals surface area (Å²) < 4.78 is 22.2. The van der Waals surface area contributed by atoms with E-state index in [0.29, 0.717) is 44.6 Å². The molecule has 0 saturated heterocycles. The van der Waals surface area contributed by atoms with Crippen molar-refractivity contribution in [3.63, 3.8) is 0 Å². The summed E-state index contributed by atoms with van der Waals surface area (Å²) in [4.78, 5) is 4.87. The largest absolute Gasteiger partial charge is 0.454 e. The van der Waals surface area contributed by atoms with E-state index in [1.54, 1.807) is 7.85 Å². The van der Waals surface area contributed by atoms with Gasteiger partial charge in [0.05, 0.1) is 5.69 Å². The van der Waals surface area contributed by atoms with Crippen LogP contribution in [-0.2, 0) is 5.41 Å². The third-order valence-corrected chi connectivity index (χ3v) is 7.63. The molecule has 0 atom stereocenters. The first-order valence-electron chi connectivity index (χ1n) is 13.4. The molecule has 0 aliphatic carbocycles. The Kier molecular flexibility index (Phi) is 6.11. The number of benzene rings is 4. The summed E-state index contributed by atoms with van der Waals surface area (Å²) in [6.45, 7) is 5.99. The second-order valence-corrected chi connectivity index (χ2v) is 11.3. The Bertz CT molecular complexity index is 1970. The predicted molar refractivity (Wildman–Crippen MR) is 168 cm³/mol. The van der Waals surface area contributed by atoms with Gasteiger partial charge in [-0.1, -0.05) is 93.6 Å². The summed E-state index contributed by atoms with van der Waals surface area (Å²) in [6.07, 6.45) is 0. The van der Waals surface area contributed by atoms with E-state index in [2.05, 4.69) is 30.3 Å². The van der Waals surface area contributed by atoms with Gasteiger partial charge in [-0.3, -0.25) is 4.98 Å². The van der Waals surface area contributed by atoms with E-state index in [-0.39, 0.29) is 11.2 Å². The third kappa shape index (κ3) is 4.10. The van der Waals surface area contributed by atoms with Gasteiger partial charge in [0.15, 0.2) is 13.4 Å². The number of para-hydroxylation sites is 1. The summed E-state index contributed by atoms with van der Waals surface area (Å²) in [5.41, 5.74) is 8.28. The minimum Gasteiger partial charge on any atom is -0.454 e. The van der Waals surface area contributed by atoms with Crippen LogP contribution in [0.2, 0.25) is 0 Å². The molecule has 0 aliphatic heterocycles. The first-order valence-corrected chi connectivity index (χ1v) is 13.4. The van der Waals surface area contributed by atoms with Gasteiger partial charge in [-0.05, 0) is 39.7 Å². The Labute approximate surface area is 235 Å². The molecule has 0 bridgehead atoms. The molecule has 6 aromatic rings. The number of nitrogens with zero attached hydrogens (tertiary/aromatic N) is 2. The minimum atomic E-state index is -0.368. The summed E-state index contributed by atoms with van der Waals surface area (Å²) in [6, 6.07) is 30.6. The molecule has 0 amide bonds. The van der Waals surface area contributed by atoms with Gasteiger partial charge in [-0.15, -0.1) is 0 Å². The first kappa shape index (κ1) is 25.6. The molecular weight excluding hydrogens is 493 g/mol. The molecule has 2 aromatic heterocycles. The quantitative estimate of drug-likeness (QED) is 0.277. The molecule has 40 heavy (non-hydrogen) atoms. The molecule has 2 heterocycles. The highest BCUT2D eigenvalue weighted by Gasteiger charge is 2.26. The number of hydrogen-bond donors (Lipinski definition) is 0. The highest BCUT2D eigenvalue weighted by atomic mass is 19.1. The lowest BCUT2D eigenvalue weighted by Gasteiger charge is -2.24. The standard InChI is InChI=1S/C34H27B2FN2O/c1-34(2,3)27-29(37)28(35)30(39-33(27)36)25-11-7-10-23-24-17-16-22(26(18-38)32(24)40-31(23)25)21-14-12-20(13-15-21)19-8-5-4-6-9-19/h4-17H,35-36H2,1-3H3. The molecule has 192 valence electrons. The Balaban J connectivity index is 1.52. The Morgan fingerprint density at radius 2 is 1.40 bits per heavy atom. The smallest absolute Gasteiger partial charge is 0.164 e. The van der Waals surface area contributed by atoms with Gasteiger partial charge in [0, 0.05) is 33.1 Å². The van der Waals surface area contributed by atoms with Crippen LogP contribution in [0.5, 0.6) is 0 Å². The van der Waals surface area contributed by atoms with Crippen LogP contribution in [0.1, 0.15) is 31.9 Å². The molecule has 0 radical (unpaired) electrons. The van der Waals surface area contributed by atoms with Gasteiger partial charge >= 0.3 is 0 Å². The van der Waals surface area contributed by atoms with Crippen molar-refractivity contribution in [2.24, 2.45) is 0 Å². The van der Waals surface area contributed by atoms with Crippen molar-refractivity contribution in [3.05, 3.63) is 102 Å². The number of fused-ring (bicyclic) bond motifs is 3. The van der Waals surface area contributed by atoms with Crippen molar-refractivity contribution in [2.45, 2.75) is 26.2 Å². The number of aromatic nitrogens is 1. The van der Waals surface area contributed by atoms with E-state index < -0.39 is 0 Å². The second-order valence-electron chi connectivity index (χ2n) is 11.3. The Morgan fingerprint density at radius 3 is 2.08 bits per heavy atom. The van der Waals surface area contributed by atoms with Crippen LogP contribution < -0.4 is 11.1 Å². The van der Waals surface area contributed by atoms with Gasteiger partial charge in [0.25, 0.3) is 0 Å². The van der Waals surface area contributed by atoms with Gasteiger partial charge in [0.2, 0.25) is 0 Å². The fourth-order valence-corrected chi connectivity index (χ4v) is 5.76. The van der Waals surface area contributed by atoms with Crippen LogP contribution in [0.3, 0.4) is 0 Å². The molecule has 6 heteroatoms. The SMILES string of the molecule is Bc1nc(-c2cccc3c2oc2c(C#N)c(-c4ccc(-c5ccccc5)cc4)ccc23)c(B)c(F)c1C(C)(C)C. The van der Waals surface area contributed by atoms with Gasteiger partial charge in [-0.25, -0.2) is 4.39 Å². The zero-order valence-corrected chi connectivity index (χ0v) is 23.3. The maximum Gasteiger partial charge on any atom is 0.164 e. The molecule has 0 aliphatic rings. The molecule has 4 aromatic carbocycles. The van der Waals surface area contributed by atoms with E-state index in [1.165, 1.54) is 0 Å². The maximum atomic E-state index is 15.7. The van der Waals surface area contributed by atoms with E-state index in [1.807, 2.05) is 89.3 Å². The fourth-order valence-electron chi connectivity index (χ4n) is 5.76. The van der Waals surface area contributed by atoms with Crippen molar-refractivity contribution < 1.29 is 8.81 Å². The Hall–Kier alpha value is -4.62. The molecule has 0 saturated carbocycles. The van der Waals surface area contributed by atoms with Crippen LogP contribution in [0.4, 0.5) is 4.39 Å². The Morgan fingerprint density at radius 1 is 0.750 bits per heavy atom. The van der Waals surface area contributed by atoms with Crippen LogP contribution in [0.15, 0.2) is 89.3 Å². The first-order chi connectivity index (χ1) is 19.2. The minimum absolute atomic E-state index is 0.234. The number of nitriles is 1. The molecule has 0 unspecified atom stereocenters. The zero-order chi connectivity index (χ0) is 28.2. The van der Waals surface area contributed by atoms with E-state index in [9.17, 15) is 5.26 Å². The lowest BCUT2D eigenvalue weighted by Crippen LogP contribution is -2.34. The summed E-state index contributed by atoms with van der Waals surface area (Å²) in [7, 11) is 3.63. The average molecular weight is 520 g/mol. The topological polar surface area (TPSA) is 49.8 Å². The van der Waals surface area contributed by atoms with Crippen molar-refractivity contribution in [3.8, 4) is 39.6 Å². The molecule has 6 rings (SSSR count). The summed E-state index contributed by atoms with van der Waals surface area (Å²) >= 11 is 0. The van der Waals surface area contributed by atoms with Gasteiger partial charge in [0.1, 0.15) is 30.9 Å². The normalized spacial score (nSPS) is 11.7. The summed E-state index contributed by atoms with van der Waals surface area (Å²) in [5, 5.41) is 12.0. The molecule has 0 N–H and O–H groups in total. The third-order valence-electron chi connectivity index (χ3n) is 7.63. The van der Waals surface area contributed by atoms with E-state index in [4.69, 9.17) is 9.40 Å². The van der Waals surface area contributed by atoms with Gasteiger partial charge in [-0.2, -0.15) is 5.26 Å². The molecule has 0 spiro atoms. The monoisotopic (exact) mass is 520 g/mol. The predicted octanol–water partition coefficient (Wildman–Crippen LogP) is 5.81. The van der Waals surface area contributed by atoms with Crippen LogP contribution in [0, 0.1) is 17.1 Å². The maximum absolute atomic E-state index is 15.7. The zero-order valence-electron chi connectivity index (χ0n) is 23.3. The highest BCUT2D eigenvalue weighted by Crippen LogP contribution is 2.39. The lowest BCUT2D eigenvalue weighted by atomic mass is 9.76. The molecule has 3 nitrogen and oxygen atoms in total. The number of hydrogen-bond acceptors (Lipinski definition) is 3. The van der Waals surface area contributed by atoms with Crippen molar-refractivity contribution in [2.75, 3.05) is 0 Å². The van der Waals surface area contributed by atoms with E-state index >= 15 is 4.39 Å². The van der Waals surface area contributed by atoms with Crippen molar-refractivity contribution in [1.82, 2.24) is 4.98 Å². The van der Waals surface area contributed by atoms with Crippen LogP contribution in [0.25, 0.3) is 55.4 Å². The number of furan rings is 1. The number of halogens is 1. The van der Waals surface area contributed by atoms with Crippen LogP contribution >= 0.6 is 0 Å². The number of pyridine rings is 1. The van der Waals surface area contributed by atoms with Crippen molar-refractivity contribution in [1.29, 1.82) is 5.26 Å². The summed E-state index contributed by atoms with van der Waals surface area (Å²) in [5.74, 6) is -0.234. The van der Waals surface area contributed by atoms with Crippen molar-refractivity contribution >= 4 is 48.7 Å². The number of rotatable bonds is 3. The fraction of sp³-hybridized carbons (Fsp3) is 0.118. The second kappa shape index (κ2) is 9.54. The lowest BCUT2D eigenvalue weighted by molar-refractivity contribution is 0.529. The average Bonchev–Trinajstić information content (AvgIpc) is 3.33.